The molecule has 5 nitrogen and oxygen atoms in total. The van der Waals surface area contributed by atoms with Crippen LogP contribution >= 0.6 is 0 Å². The number of carbonyl (C=O) groups excluding carboxylic acids is 1. The van der Waals surface area contributed by atoms with E-state index in [1.807, 2.05) is 57.2 Å². The molecule has 0 aliphatic heterocycles. The largest absolute Gasteiger partial charge is 0.444 e. The number of nitrogens with one attached hydrogen (secondary N) is 1. The summed E-state index contributed by atoms with van der Waals surface area (Å²) < 4.78 is 11.8. The van der Waals surface area contributed by atoms with E-state index < -0.39 is 38.1 Å². The van der Waals surface area contributed by atoms with Crippen molar-refractivity contribution in [3.8, 4) is 0 Å². The summed E-state index contributed by atoms with van der Waals surface area (Å²) in [6.07, 6.45) is 3.86. The summed E-state index contributed by atoms with van der Waals surface area (Å²) in [6.45, 7) is 20.4. The van der Waals surface area contributed by atoms with Crippen LogP contribution in [-0.2, 0) is 9.16 Å². The van der Waals surface area contributed by atoms with Gasteiger partial charge in [-0.15, -0.1) is 6.58 Å². The Morgan fingerprint density at radius 3 is 2.23 bits per heavy atom. The quantitative estimate of drug-likeness (QED) is 0.372. The second-order valence-corrected chi connectivity index (χ2v) is 15.2. The normalized spacial score (nSPS) is 15.9. The number of rotatable bonds is 9. The minimum atomic E-state index is -2.06. The summed E-state index contributed by atoms with van der Waals surface area (Å²) in [4.78, 5) is 12.5. The molecule has 2 N–H and O–H groups in total. The highest BCUT2D eigenvalue weighted by Crippen LogP contribution is 2.36. The van der Waals surface area contributed by atoms with E-state index in [0.717, 1.165) is 5.56 Å². The van der Waals surface area contributed by atoms with Crippen LogP contribution in [0.1, 0.15) is 47.1 Å². The summed E-state index contributed by atoms with van der Waals surface area (Å²) in [6, 6.07) is 9.26. The van der Waals surface area contributed by atoms with Gasteiger partial charge in [0.05, 0.1) is 18.8 Å². The van der Waals surface area contributed by atoms with Crippen molar-refractivity contribution in [2.24, 2.45) is 5.92 Å². The van der Waals surface area contributed by atoms with E-state index in [2.05, 4.69) is 45.8 Å². The van der Waals surface area contributed by atoms with E-state index in [1.54, 1.807) is 12.2 Å². The smallest absolute Gasteiger partial charge is 0.407 e. The van der Waals surface area contributed by atoms with E-state index in [-0.39, 0.29) is 11.6 Å². The summed E-state index contributed by atoms with van der Waals surface area (Å²) in [7, 11) is -2.06. The molecule has 31 heavy (non-hydrogen) atoms. The molecule has 0 bridgehead atoms. The number of ether oxygens (including phenoxy) is 1. The maximum atomic E-state index is 12.5. The highest BCUT2D eigenvalue weighted by atomic mass is 28.4. The van der Waals surface area contributed by atoms with Crippen molar-refractivity contribution in [2.45, 2.75) is 77.4 Å². The van der Waals surface area contributed by atoms with Crippen molar-refractivity contribution in [1.82, 2.24) is 5.32 Å². The first-order valence-corrected chi connectivity index (χ1v) is 13.7. The van der Waals surface area contributed by atoms with Crippen molar-refractivity contribution in [2.75, 3.05) is 6.61 Å². The lowest BCUT2D eigenvalue weighted by Crippen LogP contribution is -2.51. The van der Waals surface area contributed by atoms with Gasteiger partial charge in [-0.3, -0.25) is 0 Å². The molecule has 1 rings (SSSR count). The Labute approximate surface area is 189 Å². The Morgan fingerprint density at radius 2 is 1.74 bits per heavy atom. The molecule has 1 aromatic rings. The lowest BCUT2D eigenvalue weighted by Gasteiger charge is -2.38. The first-order chi connectivity index (χ1) is 14.2. The van der Waals surface area contributed by atoms with Crippen LogP contribution in [0, 0.1) is 5.92 Å². The Hall–Kier alpha value is -1.89. The Balaban J connectivity index is 3.05. The fourth-order valence-corrected chi connectivity index (χ4v) is 3.70. The van der Waals surface area contributed by atoms with Crippen molar-refractivity contribution < 1.29 is 19.1 Å². The molecule has 0 aromatic heterocycles. The molecule has 6 heteroatoms. The van der Waals surface area contributed by atoms with E-state index in [9.17, 15) is 9.90 Å². The lowest BCUT2D eigenvalue weighted by atomic mass is 9.93. The molecular weight excluding hydrogens is 406 g/mol. The molecule has 0 unspecified atom stereocenters. The van der Waals surface area contributed by atoms with Gasteiger partial charge >= 0.3 is 6.09 Å². The number of carbonyl (C=O) groups is 1. The number of hydrogen-bond acceptors (Lipinski definition) is 4. The first kappa shape index (κ1) is 27.1. The second kappa shape index (κ2) is 11.1. The number of amides is 1. The lowest BCUT2D eigenvalue weighted by molar-refractivity contribution is 0.0431. The van der Waals surface area contributed by atoms with Gasteiger partial charge in [0.1, 0.15) is 5.60 Å². The van der Waals surface area contributed by atoms with Crippen LogP contribution in [-0.4, -0.2) is 43.9 Å². The number of alkyl carbamates (subject to hydrolysis) is 1. The molecule has 0 saturated carbocycles. The summed E-state index contributed by atoms with van der Waals surface area (Å²) in [5, 5.41) is 13.8. The fraction of sp³-hybridized carbons (Fsp3) is 0.560. The molecule has 1 aromatic carbocycles. The number of aliphatic hydroxyl groups is 1. The van der Waals surface area contributed by atoms with Crippen LogP contribution in [0.5, 0.6) is 0 Å². The zero-order valence-electron chi connectivity index (χ0n) is 20.4. The highest BCUT2D eigenvalue weighted by molar-refractivity contribution is 6.74. The molecule has 0 heterocycles. The van der Waals surface area contributed by atoms with Gasteiger partial charge in [-0.25, -0.2) is 4.79 Å². The minimum absolute atomic E-state index is 0.0268. The van der Waals surface area contributed by atoms with Gasteiger partial charge in [-0.2, -0.15) is 0 Å². The number of aliphatic hydroxyl groups excluding tert-OH is 1. The van der Waals surface area contributed by atoms with Gasteiger partial charge in [0.15, 0.2) is 8.32 Å². The predicted octanol–water partition coefficient (Wildman–Crippen LogP) is 5.78. The topological polar surface area (TPSA) is 67.8 Å². The number of hydrogen-bond donors (Lipinski definition) is 2. The monoisotopic (exact) mass is 447 g/mol. The van der Waals surface area contributed by atoms with Gasteiger partial charge in [0.2, 0.25) is 0 Å². The molecule has 1 amide bonds. The molecule has 0 fully saturated rings. The van der Waals surface area contributed by atoms with Crippen LogP contribution in [0.15, 0.2) is 49.1 Å². The van der Waals surface area contributed by atoms with Gasteiger partial charge in [-0.05, 0) is 44.5 Å². The highest BCUT2D eigenvalue weighted by Gasteiger charge is 2.39. The van der Waals surface area contributed by atoms with Crippen LogP contribution < -0.4 is 5.32 Å². The van der Waals surface area contributed by atoms with E-state index in [1.165, 1.54) is 0 Å². The maximum Gasteiger partial charge on any atom is 0.407 e. The third-order valence-electron chi connectivity index (χ3n) is 5.55. The van der Waals surface area contributed by atoms with Crippen molar-refractivity contribution in [3.05, 3.63) is 54.6 Å². The second-order valence-electron chi connectivity index (χ2n) is 10.4. The van der Waals surface area contributed by atoms with Gasteiger partial charge in [0.25, 0.3) is 0 Å². The minimum Gasteiger partial charge on any atom is -0.444 e. The Bertz CT molecular complexity index is 732. The van der Waals surface area contributed by atoms with Crippen LogP contribution in [0.4, 0.5) is 4.79 Å². The average Bonchev–Trinajstić information content (AvgIpc) is 2.63. The molecule has 0 spiro atoms. The van der Waals surface area contributed by atoms with Crippen LogP contribution in [0.25, 0.3) is 6.08 Å². The zero-order valence-corrected chi connectivity index (χ0v) is 21.4. The van der Waals surface area contributed by atoms with Gasteiger partial charge in [-0.1, -0.05) is 69.3 Å². The van der Waals surface area contributed by atoms with Gasteiger partial charge < -0.3 is 19.6 Å². The van der Waals surface area contributed by atoms with Crippen molar-refractivity contribution in [1.29, 1.82) is 0 Å². The molecule has 3 atom stereocenters. The van der Waals surface area contributed by atoms with E-state index in [4.69, 9.17) is 9.16 Å². The van der Waals surface area contributed by atoms with Gasteiger partial charge in [0, 0.05) is 5.92 Å². The average molecular weight is 448 g/mol. The van der Waals surface area contributed by atoms with E-state index in [0.29, 0.717) is 0 Å². The molecule has 0 saturated heterocycles. The fourth-order valence-electron chi connectivity index (χ4n) is 2.67. The predicted molar refractivity (Wildman–Crippen MR) is 131 cm³/mol. The standard InChI is InChI=1S/C25H41NO4Si/c1-10-20(22(27)17-16-19-14-12-11-13-15-19)21(26-23(28)30-24(2,3)4)18-29-31(8,9)25(5,6)7/h10-17,20-22,27H,1,18H2,2-9H3,(H,26,28)/b17-16+/t20-,21+,22-/m1/s1. The maximum absolute atomic E-state index is 12.5. The summed E-state index contributed by atoms with van der Waals surface area (Å²) >= 11 is 0. The van der Waals surface area contributed by atoms with Crippen molar-refractivity contribution >= 4 is 20.5 Å². The first-order valence-electron chi connectivity index (χ1n) is 10.8. The van der Waals surface area contributed by atoms with E-state index >= 15 is 0 Å². The third kappa shape index (κ3) is 9.42. The molecule has 0 aliphatic rings. The Kier molecular flexibility index (Phi) is 9.73. The third-order valence-corrected chi connectivity index (χ3v) is 10.0. The molecule has 0 radical (unpaired) electrons. The summed E-state index contributed by atoms with van der Waals surface area (Å²) in [5.41, 5.74) is 0.364. The SMILES string of the molecule is C=C[C@@H]([C@H](O)/C=C/c1ccccc1)[C@H](CO[Si](C)(C)C(C)(C)C)NC(=O)OC(C)(C)C. The Morgan fingerprint density at radius 1 is 1.16 bits per heavy atom. The molecular formula is C25H41NO4Si. The molecule has 174 valence electrons. The molecule has 0 aliphatic carbocycles. The zero-order chi connectivity index (χ0) is 23.9. The van der Waals surface area contributed by atoms with Crippen molar-refractivity contribution in [3.63, 3.8) is 0 Å². The number of benzene rings is 1. The van der Waals surface area contributed by atoms with Crippen LogP contribution in [0.3, 0.4) is 0 Å². The summed E-state index contributed by atoms with van der Waals surface area (Å²) in [5.74, 6) is -0.447. The van der Waals surface area contributed by atoms with Crippen LogP contribution in [0.2, 0.25) is 18.1 Å².